The molecule has 2 aromatic rings. The summed E-state index contributed by atoms with van der Waals surface area (Å²) in [6.45, 7) is 0. The topological polar surface area (TPSA) is 48.1 Å². The summed E-state index contributed by atoms with van der Waals surface area (Å²) in [7, 11) is 1.55. The Bertz CT molecular complexity index is 621. The second kappa shape index (κ2) is 4.68. The minimum Gasteiger partial charge on any atom is -0.496 e. The van der Waals surface area contributed by atoms with Gasteiger partial charge in [-0.1, -0.05) is 12.8 Å². The van der Waals surface area contributed by atoms with Gasteiger partial charge in [0.25, 0.3) is 0 Å². The normalized spacial score (nSPS) is 16.1. The van der Waals surface area contributed by atoms with Crippen LogP contribution in [0.1, 0.15) is 37.3 Å². The Morgan fingerprint density at radius 2 is 2.05 bits per heavy atom. The number of hydrogen-bond acceptors (Lipinski definition) is 3. The number of methoxy groups -OCH3 is 1. The Morgan fingerprint density at radius 1 is 1.32 bits per heavy atom. The third-order valence-electron chi connectivity index (χ3n) is 3.92. The van der Waals surface area contributed by atoms with Crippen LogP contribution in [-0.2, 0) is 0 Å². The maximum atomic E-state index is 14.0. The molecule has 0 unspecified atom stereocenters. The summed E-state index contributed by atoms with van der Waals surface area (Å²) < 4.78 is 19.2. The van der Waals surface area contributed by atoms with E-state index in [0.29, 0.717) is 28.3 Å². The molecule has 0 spiro atoms. The zero-order valence-electron chi connectivity index (χ0n) is 10.9. The molecule has 0 radical (unpaired) electrons. The number of benzene rings is 1. The molecule has 1 aromatic heterocycles. The number of nitrogens with zero attached hydrogens (tertiary/aromatic N) is 1. The molecule has 3 rings (SSSR count). The van der Waals surface area contributed by atoms with Crippen molar-refractivity contribution in [3.8, 4) is 5.75 Å². The van der Waals surface area contributed by atoms with E-state index in [9.17, 15) is 4.39 Å². The number of rotatable bonds is 2. The lowest BCUT2D eigenvalue weighted by Gasteiger charge is -2.13. The first-order valence-corrected chi connectivity index (χ1v) is 6.63. The lowest BCUT2D eigenvalue weighted by molar-refractivity contribution is 0.419. The summed E-state index contributed by atoms with van der Waals surface area (Å²) in [6.07, 6.45) is 4.66. The van der Waals surface area contributed by atoms with Crippen molar-refractivity contribution < 1.29 is 9.13 Å². The zero-order chi connectivity index (χ0) is 13.4. The molecule has 0 amide bonds. The molecule has 1 aromatic carbocycles. The number of nitrogen functional groups attached to an aromatic ring is 1. The number of nitrogens with two attached hydrogens (primary N) is 1. The molecule has 19 heavy (non-hydrogen) atoms. The van der Waals surface area contributed by atoms with E-state index in [2.05, 4.69) is 4.98 Å². The van der Waals surface area contributed by atoms with Gasteiger partial charge in [0.2, 0.25) is 0 Å². The standard InChI is InChI=1S/C15H17FN2O/c1-19-13-7-6-10(16)15-14(13)11(17)8-12(18-15)9-4-2-3-5-9/h6-9H,2-5H2,1H3,(H2,17,18). The Balaban J connectivity index is 2.22. The van der Waals surface area contributed by atoms with Crippen molar-refractivity contribution in [1.29, 1.82) is 0 Å². The number of ether oxygens (including phenoxy) is 1. The second-order valence-corrected chi connectivity index (χ2v) is 5.09. The second-order valence-electron chi connectivity index (χ2n) is 5.09. The van der Waals surface area contributed by atoms with Crippen LogP contribution >= 0.6 is 0 Å². The average molecular weight is 260 g/mol. The van der Waals surface area contributed by atoms with Gasteiger partial charge in [-0.2, -0.15) is 0 Å². The number of hydrogen-bond donors (Lipinski definition) is 1. The van der Waals surface area contributed by atoms with Gasteiger partial charge in [0, 0.05) is 17.3 Å². The van der Waals surface area contributed by atoms with Gasteiger partial charge < -0.3 is 10.5 Å². The largest absolute Gasteiger partial charge is 0.496 e. The molecule has 0 atom stereocenters. The van der Waals surface area contributed by atoms with Crippen LogP contribution in [0.4, 0.5) is 10.1 Å². The summed E-state index contributed by atoms with van der Waals surface area (Å²) in [5.41, 5.74) is 7.86. The van der Waals surface area contributed by atoms with Gasteiger partial charge in [-0.3, -0.25) is 0 Å². The summed E-state index contributed by atoms with van der Waals surface area (Å²) >= 11 is 0. The highest BCUT2D eigenvalue weighted by Crippen LogP contribution is 2.38. The molecule has 0 saturated heterocycles. The highest BCUT2D eigenvalue weighted by Gasteiger charge is 2.21. The van der Waals surface area contributed by atoms with Crippen molar-refractivity contribution in [2.24, 2.45) is 0 Å². The van der Waals surface area contributed by atoms with Gasteiger partial charge in [0.1, 0.15) is 17.1 Å². The number of aromatic nitrogens is 1. The van der Waals surface area contributed by atoms with Gasteiger partial charge in [-0.15, -0.1) is 0 Å². The average Bonchev–Trinajstić information content (AvgIpc) is 2.93. The van der Waals surface area contributed by atoms with E-state index in [1.54, 1.807) is 13.2 Å². The lowest BCUT2D eigenvalue weighted by Crippen LogP contribution is -2.02. The van der Waals surface area contributed by atoms with E-state index >= 15 is 0 Å². The fraction of sp³-hybridized carbons (Fsp3) is 0.400. The number of halogens is 1. The maximum Gasteiger partial charge on any atom is 0.149 e. The van der Waals surface area contributed by atoms with Crippen molar-refractivity contribution in [1.82, 2.24) is 4.98 Å². The predicted molar refractivity (Wildman–Crippen MR) is 73.9 cm³/mol. The number of anilines is 1. The van der Waals surface area contributed by atoms with E-state index < -0.39 is 0 Å². The molecular formula is C15H17FN2O. The monoisotopic (exact) mass is 260 g/mol. The minimum absolute atomic E-state index is 0.321. The van der Waals surface area contributed by atoms with Crippen molar-refractivity contribution in [3.63, 3.8) is 0 Å². The van der Waals surface area contributed by atoms with Crippen molar-refractivity contribution in [3.05, 3.63) is 29.7 Å². The maximum absolute atomic E-state index is 14.0. The van der Waals surface area contributed by atoms with Gasteiger partial charge >= 0.3 is 0 Å². The van der Waals surface area contributed by atoms with E-state index in [1.165, 1.54) is 18.9 Å². The van der Waals surface area contributed by atoms with Crippen LogP contribution < -0.4 is 10.5 Å². The van der Waals surface area contributed by atoms with Crippen LogP contribution in [0.3, 0.4) is 0 Å². The third kappa shape index (κ3) is 2.01. The molecule has 1 saturated carbocycles. The highest BCUT2D eigenvalue weighted by molar-refractivity contribution is 5.96. The third-order valence-corrected chi connectivity index (χ3v) is 3.92. The Labute approximate surface area is 111 Å². The van der Waals surface area contributed by atoms with Crippen LogP contribution in [0.15, 0.2) is 18.2 Å². The fourth-order valence-electron chi connectivity index (χ4n) is 2.93. The van der Waals surface area contributed by atoms with E-state index in [-0.39, 0.29) is 5.82 Å². The SMILES string of the molecule is COc1ccc(F)c2nc(C3CCCC3)cc(N)c12. The van der Waals surface area contributed by atoms with E-state index in [0.717, 1.165) is 18.5 Å². The highest BCUT2D eigenvalue weighted by atomic mass is 19.1. The molecule has 0 bridgehead atoms. The Hall–Kier alpha value is -1.84. The van der Waals surface area contributed by atoms with Crippen LogP contribution in [0.5, 0.6) is 5.75 Å². The summed E-state index contributed by atoms with van der Waals surface area (Å²) in [5.74, 6) is 0.638. The smallest absolute Gasteiger partial charge is 0.149 e. The first kappa shape index (κ1) is 12.2. The molecule has 4 heteroatoms. The summed E-state index contributed by atoms with van der Waals surface area (Å²) in [5, 5.41) is 0.573. The molecule has 100 valence electrons. The zero-order valence-corrected chi connectivity index (χ0v) is 10.9. The van der Waals surface area contributed by atoms with Gasteiger partial charge in [-0.25, -0.2) is 9.37 Å². The first-order chi connectivity index (χ1) is 9.20. The van der Waals surface area contributed by atoms with Crippen LogP contribution in [0.25, 0.3) is 10.9 Å². The molecular weight excluding hydrogens is 243 g/mol. The molecule has 0 aliphatic heterocycles. The van der Waals surface area contributed by atoms with Gasteiger partial charge in [0.05, 0.1) is 12.5 Å². The van der Waals surface area contributed by atoms with Crippen molar-refractivity contribution in [2.75, 3.05) is 12.8 Å². The fourth-order valence-corrected chi connectivity index (χ4v) is 2.93. The quantitative estimate of drug-likeness (QED) is 0.897. The van der Waals surface area contributed by atoms with Crippen LogP contribution in [0, 0.1) is 5.82 Å². The Morgan fingerprint density at radius 3 is 2.74 bits per heavy atom. The van der Waals surface area contributed by atoms with Crippen molar-refractivity contribution in [2.45, 2.75) is 31.6 Å². The molecule has 1 fully saturated rings. The van der Waals surface area contributed by atoms with Crippen LogP contribution in [-0.4, -0.2) is 12.1 Å². The lowest BCUT2D eigenvalue weighted by atomic mass is 10.0. The van der Waals surface area contributed by atoms with E-state index in [4.69, 9.17) is 10.5 Å². The Kier molecular flexibility index (Phi) is 3.01. The van der Waals surface area contributed by atoms with Crippen LogP contribution in [0.2, 0.25) is 0 Å². The predicted octanol–water partition coefficient (Wildman–Crippen LogP) is 3.62. The number of fused-ring (bicyclic) bond motifs is 1. The first-order valence-electron chi connectivity index (χ1n) is 6.63. The summed E-state index contributed by atoms with van der Waals surface area (Å²) in [4.78, 5) is 4.49. The van der Waals surface area contributed by atoms with E-state index in [1.807, 2.05) is 6.07 Å². The summed E-state index contributed by atoms with van der Waals surface area (Å²) in [6, 6.07) is 4.84. The minimum atomic E-state index is -0.345. The molecule has 1 heterocycles. The van der Waals surface area contributed by atoms with Crippen molar-refractivity contribution >= 4 is 16.6 Å². The molecule has 1 aliphatic rings. The van der Waals surface area contributed by atoms with Gasteiger partial charge in [0.15, 0.2) is 0 Å². The number of pyridine rings is 1. The molecule has 3 nitrogen and oxygen atoms in total. The molecule has 2 N–H and O–H groups in total. The molecule has 1 aliphatic carbocycles. The van der Waals surface area contributed by atoms with Gasteiger partial charge in [-0.05, 0) is 31.0 Å².